The number of carboxylic acid groups (broad SMARTS) is 1. The van der Waals surface area contributed by atoms with Gasteiger partial charge in [0, 0.05) is 0 Å². The lowest BCUT2D eigenvalue weighted by atomic mass is 10.2. The zero-order chi connectivity index (χ0) is 19.6. The molecule has 0 unspecified atom stereocenters. The largest absolute Gasteiger partial charge is 0.544 e. The Kier molecular flexibility index (Phi) is 5.62. The van der Waals surface area contributed by atoms with Crippen molar-refractivity contribution in [2.75, 3.05) is 6.61 Å². The Morgan fingerprint density at radius 2 is 2.07 bits per heavy atom. The summed E-state index contributed by atoms with van der Waals surface area (Å²) >= 11 is 7.22. The predicted molar refractivity (Wildman–Crippen MR) is 105 cm³/mol. The smallest absolute Gasteiger partial charge is 0.260 e. The van der Waals surface area contributed by atoms with Gasteiger partial charge >= 0.3 is 0 Å². The number of hydrogen-bond acceptors (Lipinski definition) is 6. The lowest BCUT2D eigenvalue weighted by Crippen LogP contribution is -2.21. The van der Waals surface area contributed by atoms with Gasteiger partial charge in [-0.2, -0.15) is 0 Å². The molecule has 27 heavy (non-hydrogen) atoms. The first-order chi connectivity index (χ1) is 12.9. The van der Waals surface area contributed by atoms with Crippen LogP contribution in [-0.2, 0) is 0 Å². The van der Waals surface area contributed by atoms with Crippen LogP contribution in [0.15, 0.2) is 29.1 Å². The van der Waals surface area contributed by atoms with Gasteiger partial charge in [0.1, 0.15) is 10.6 Å². The van der Waals surface area contributed by atoms with Crippen molar-refractivity contribution >= 4 is 50.2 Å². The van der Waals surface area contributed by atoms with Crippen LogP contribution in [0, 0.1) is 6.92 Å². The summed E-state index contributed by atoms with van der Waals surface area (Å²) in [5, 5.41) is 11.6. The molecule has 1 aromatic carbocycles. The Hall–Kier alpha value is -2.64. The number of fused-ring (bicyclic) bond motifs is 1. The number of ether oxygens (including phenoxy) is 1. The molecule has 0 fully saturated rings. The molecule has 140 valence electrons. The molecule has 0 bridgehead atoms. The van der Waals surface area contributed by atoms with E-state index in [9.17, 15) is 14.7 Å². The maximum atomic E-state index is 12.4. The summed E-state index contributed by atoms with van der Waals surface area (Å²) in [6.45, 7) is 4.24. The van der Waals surface area contributed by atoms with Gasteiger partial charge in [-0.25, -0.2) is 4.98 Å². The van der Waals surface area contributed by atoms with E-state index in [0.717, 1.165) is 29.1 Å². The number of nitrogens with one attached hydrogen (secondary N) is 1. The molecule has 0 radical (unpaired) electrons. The van der Waals surface area contributed by atoms with Gasteiger partial charge in [-0.3, -0.25) is 4.79 Å². The van der Waals surface area contributed by atoms with Gasteiger partial charge in [-0.05, 0) is 42.7 Å². The minimum Gasteiger partial charge on any atom is -0.544 e. The van der Waals surface area contributed by atoms with Crippen LogP contribution in [0.1, 0.15) is 40.0 Å². The molecule has 0 aliphatic carbocycles. The average molecular weight is 404 g/mol. The summed E-state index contributed by atoms with van der Waals surface area (Å²) < 4.78 is 5.53. The molecule has 0 atom stereocenters. The summed E-state index contributed by atoms with van der Waals surface area (Å²) in [6, 6.07) is 7.35. The van der Waals surface area contributed by atoms with Gasteiger partial charge in [0.25, 0.3) is 5.56 Å². The first kappa shape index (κ1) is 19.1. The van der Waals surface area contributed by atoms with Gasteiger partial charge in [-0.15, -0.1) is 11.3 Å². The summed E-state index contributed by atoms with van der Waals surface area (Å²) in [5.74, 6) is -0.392. The molecule has 0 saturated heterocycles. The van der Waals surface area contributed by atoms with E-state index in [1.54, 1.807) is 13.0 Å². The van der Waals surface area contributed by atoms with Crippen LogP contribution in [0.5, 0.6) is 5.75 Å². The number of benzene rings is 1. The minimum atomic E-state index is -1.33. The van der Waals surface area contributed by atoms with Crippen LogP contribution < -0.4 is 15.4 Å². The fraction of sp³-hybridized carbons (Fsp3) is 0.211. The van der Waals surface area contributed by atoms with E-state index in [1.165, 1.54) is 0 Å². The Morgan fingerprint density at radius 3 is 2.70 bits per heavy atom. The van der Waals surface area contributed by atoms with Gasteiger partial charge in [0.05, 0.1) is 27.9 Å². The number of aromatic amines is 1. The third-order valence-corrected chi connectivity index (χ3v) is 5.31. The highest BCUT2D eigenvalue weighted by Crippen LogP contribution is 2.28. The number of carbonyl (C=O) groups excluding carboxylic acids is 1. The van der Waals surface area contributed by atoms with Crippen molar-refractivity contribution in [1.82, 2.24) is 9.97 Å². The summed E-state index contributed by atoms with van der Waals surface area (Å²) in [4.78, 5) is 30.7. The molecule has 3 aromatic rings. The van der Waals surface area contributed by atoms with Crippen molar-refractivity contribution in [2.45, 2.75) is 20.3 Å². The maximum absolute atomic E-state index is 12.4. The number of nitrogens with zero attached hydrogens (tertiary/aromatic N) is 1. The van der Waals surface area contributed by atoms with Crippen molar-refractivity contribution in [1.29, 1.82) is 0 Å². The molecule has 0 spiro atoms. The van der Waals surface area contributed by atoms with Gasteiger partial charge < -0.3 is 19.6 Å². The molecule has 0 amide bonds. The molecule has 8 heteroatoms. The molecule has 2 aromatic heterocycles. The first-order valence-electron chi connectivity index (χ1n) is 8.26. The molecule has 6 nitrogen and oxygen atoms in total. The second kappa shape index (κ2) is 7.94. The average Bonchev–Trinajstić information content (AvgIpc) is 2.98. The van der Waals surface area contributed by atoms with Gasteiger partial charge in [0.15, 0.2) is 5.82 Å². The van der Waals surface area contributed by atoms with Crippen LogP contribution in [0.2, 0.25) is 0 Å². The quantitative estimate of drug-likeness (QED) is 0.682. The van der Waals surface area contributed by atoms with Crippen LogP contribution in [-0.4, -0.2) is 22.5 Å². The Balaban J connectivity index is 1.95. The first-order valence-corrected chi connectivity index (χ1v) is 9.45. The fourth-order valence-electron chi connectivity index (χ4n) is 2.55. The number of aryl methyl sites for hydroxylation is 1. The number of H-pyrrole nitrogens is 1. The van der Waals surface area contributed by atoms with E-state index in [4.69, 9.17) is 16.3 Å². The maximum Gasteiger partial charge on any atom is 0.260 e. The summed E-state index contributed by atoms with van der Waals surface area (Å²) in [7, 11) is 0. The van der Waals surface area contributed by atoms with E-state index < -0.39 is 11.5 Å². The van der Waals surface area contributed by atoms with Crippen molar-refractivity contribution in [3.8, 4) is 5.75 Å². The Morgan fingerprint density at radius 1 is 1.37 bits per heavy atom. The number of hydrogen-bond donors (Lipinski definition) is 1. The molecule has 1 N–H and O–H groups in total. The molecular weight excluding hydrogens is 388 g/mol. The number of aromatic nitrogens is 2. The normalized spacial score (nSPS) is 11.7. The number of halogens is 1. The lowest BCUT2D eigenvalue weighted by Gasteiger charge is -2.04. The molecule has 0 aliphatic rings. The van der Waals surface area contributed by atoms with Crippen LogP contribution in [0.3, 0.4) is 0 Å². The summed E-state index contributed by atoms with van der Waals surface area (Å²) in [5.41, 5.74) is 0.716. The number of thiophene rings is 1. The zero-order valence-electron chi connectivity index (χ0n) is 14.7. The molecule has 2 heterocycles. The highest BCUT2D eigenvalue weighted by molar-refractivity contribution is 7.20. The highest BCUT2D eigenvalue weighted by Gasteiger charge is 2.15. The Labute approximate surface area is 164 Å². The topological polar surface area (TPSA) is 95.1 Å². The van der Waals surface area contributed by atoms with E-state index in [1.807, 2.05) is 31.2 Å². The number of aromatic carboxylic acids is 1. The van der Waals surface area contributed by atoms with Gasteiger partial charge in [-0.1, -0.05) is 30.7 Å². The van der Waals surface area contributed by atoms with E-state index >= 15 is 0 Å². The van der Waals surface area contributed by atoms with E-state index in [0.29, 0.717) is 17.0 Å². The molecule has 0 aliphatic heterocycles. The van der Waals surface area contributed by atoms with E-state index in [-0.39, 0.29) is 21.1 Å². The second-order valence-corrected chi connectivity index (χ2v) is 7.25. The number of carboxylic acids is 1. The molecule has 3 rings (SSSR count). The Bertz CT molecular complexity index is 1080. The van der Waals surface area contributed by atoms with Gasteiger partial charge in [0.2, 0.25) is 0 Å². The van der Waals surface area contributed by atoms with Crippen molar-refractivity contribution in [2.24, 2.45) is 0 Å². The van der Waals surface area contributed by atoms with Crippen molar-refractivity contribution in [3.63, 3.8) is 0 Å². The standard InChI is InChI=1S/C19H17ClN2O4S/c1-3-8-26-12-6-4-11(5-7-12)9-13(20)16-21-17(23)14-10(2)15(19(24)25)27-18(14)22-16/h4-7,9H,3,8H2,1-2H3,(H,24,25)(H,21,22,23)/p-1/b13-9-. The third-order valence-electron chi connectivity index (χ3n) is 3.86. The fourth-order valence-corrected chi connectivity index (χ4v) is 3.78. The van der Waals surface area contributed by atoms with Crippen molar-refractivity contribution < 1.29 is 14.6 Å². The molecule has 0 saturated carbocycles. The highest BCUT2D eigenvalue weighted by atomic mass is 35.5. The lowest BCUT2D eigenvalue weighted by molar-refractivity contribution is -0.254. The summed E-state index contributed by atoms with van der Waals surface area (Å²) in [6.07, 6.45) is 2.59. The monoisotopic (exact) mass is 403 g/mol. The SMILES string of the molecule is CCCOc1ccc(/C=C(\Cl)c2nc3sc(C(=O)[O-])c(C)c3c(=O)[nH]2)cc1. The second-order valence-electron chi connectivity index (χ2n) is 5.85. The number of rotatable bonds is 6. The predicted octanol–water partition coefficient (Wildman–Crippen LogP) is 3.18. The zero-order valence-corrected chi connectivity index (χ0v) is 16.2. The van der Waals surface area contributed by atoms with Crippen LogP contribution in [0.4, 0.5) is 0 Å². The van der Waals surface area contributed by atoms with Crippen molar-refractivity contribution in [3.05, 3.63) is 56.4 Å². The van der Waals surface area contributed by atoms with E-state index in [2.05, 4.69) is 9.97 Å². The minimum absolute atomic E-state index is 0.0112. The third kappa shape index (κ3) is 4.04. The molecular formula is C19H16ClN2O4S-. The van der Waals surface area contributed by atoms with Crippen LogP contribution >= 0.6 is 22.9 Å². The number of carbonyl (C=O) groups is 1. The van der Waals surface area contributed by atoms with Crippen LogP contribution in [0.25, 0.3) is 21.3 Å².